The molecule has 5 nitrogen and oxygen atoms in total. The Balaban J connectivity index is 2.29. The monoisotopic (exact) mass is 278 g/mol. The van der Waals surface area contributed by atoms with Crippen molar-refractivity contribution in [1.82, 2.24) is 5.32 Å². The van der Waals surface area contributed by atoms with E-state index in [0.29, 0.717) is 17.9 Å². The average Bonchev–Trinajstić information content (AvgIpc) is 2.48. The molecule has 1 aromatic carbocycles. The van der Waals surface area contributed by atoms with Crippen molar-refractivity contribution >= 4 is 0 Å². The highest BCUT2D eigenvalue weighted by Crippen LogP contribution is 2.16. The van der Waals surface area contributed by atoms with Crippen molar-refractivity contribution in [3.63, 3.8) is 0 Å². The molecule has 0 radical (unpaired) electrons. The van der Waals surface area contributed by atoms with Crippen molar-refractivity contribution in [2.45, 2.75) is 31.9 Å². The van der Waals surface area contributed by atoms with Crippen molar-refractivity contribution in [3.8, 4) is 11.8 Å². The van der Waals surface area contributed by atoms with Gasteiger partial charge in [-0.2, -0.15) is 5.26 Å². The maximum atomic E-state index is 9.83. The fourth-order valence-electron chi connectivity index (χ4n) is 1.77. The van der Waals surface area contributed by atoms with Crippen LogP contribution in [-0.4, -0.2) is 42.1 Å². The molecule has 0 aliphatic heterocycles. The molecule has 0 amide bonds. The summed E-state index contributed by atoms with van der Waals surface area (Å²) in [6.07, 6.45) is 0.968. The van der Waals surface area contributed by atoms with Crippen LogP contribution in [0.2, 0.25) is 0 Å². The minimum atomic E-state index is -0.640. The summed E-state index contributed by atoms with van der Waals surface area (Å²) in [5.74, 6) is 0.488. The first-order chi connectivity index (χ1) is 9.67. The molecule has 0 saturated heterocycles. The Morgan fingerprint density at radius 1 is 1.40 bits per heavy atom. The van der Waals surface area contributed by atoms with E-state index in [0.717, 1.165) is 12.8 Å². The van der Waals surface area contributed by atoms with Gasteiger partial charge < -0.3 is 20.3 Å². The predicted octanol–water partition coefficient (Wildman–Crippen LogP) is 1.05. The van der Waals surface area contributed by atoms with Crippen LogP contribution in [0, 0.1) is 11.3 Å². The Bertz CT molecular complexity index is 431. The number of rotatable bonds is 9. The van der Waals surface area contributed by atoms with E-state index in [9.17, 15) is 5.11 Å². The van der Waals surface area contributed by atoms with Gasteiger partial charge in [-0.25, -0.2) is 0 Å². The number of aliphatic hydroxyl groups excluding tert-OH is 2. The van der Waals surface area contributed by atoms with Crippen LogP contribution >= 0.6 is 0 Å². The molecule has 2 atom stereocenters. The maximum absolute atomic E-state index is 9.83. The molecule has 0 bridgehead atoms. The second-order valence-corrected chi connectivity index (χ2v) is 4.75. The molecule has 0 fully saturated rings. The van der Waals surface area contributed by atoms with Gasteiger partial charge in [0.25, 0.3) is 0 Å². The van der Waals surface area contributed by atoms with Gasteiger partial charge in [0, 0.05) is 19.2 Å². The summed E-state index contributed by atoms with van der Waals surface area (Å²) in [6.45, 7) is 2.75. The molecule has 0 aliphatic carbocycles. The van der Waals surface area contributed by atoms with E-state index >= 15 is 0 Å². The van der Waals surface area contributed by atoms with Gasteiger partial charge >= 0.3 is 0 Å². The number of hydrogen-bond donors (Lipinski definition) is 3. The summed E-state index contributed by atoms with van der Waals surface area (Å²) in [7, 11) is 0. The van der Waals surface area contributed by atoms with Crippen LogP contribution in [0.4, 0.5) is 0 Å². The van der Waals surface area contributed by atoms with Crippen LogP contribution in [0.3, 0.4) is 0 Å². The van der Waals surface area contributed by atoms with Gasteiger partial charge in [0.15, 0.2) is 0 Å². The normalized spacial score (nSPS) is 13.5. The molecule has 0 spiro atoms. The van der Waals surface area contributed by atoms with Gasteiger partial charge in [-0.1, -0.05) is 12.1 Å². The van der Waals surface area contributed by atoms with E-state index in [-0.39, 0.29) is 19.3 Å². The first-order valence-electron chi connectivity index (χ1n) is 6.81. The van der Waals surface area contributed by atoms with Crippen LogP contribution in [0.15, 0.2) is 24.3 Å². The number of nitriles is 1. The molecular formula is C15H22N2O3. The fraction of sp³-hybridized carbons (Fsp3) is 0.533. The number of ether oxygens (including phenoxy) is 1. The van der Waals surface area contributed by atoms with Crippen molar-refractivity contribution in [1.29, 1.82) is 5.26 Å². The first kappa shape index (κ1) is 16.4. The van der Waals surface area contributed by atoms with E-state index in [1.165, 1.54) is 0 Å². The third-order valence-corrected chi connectivity index (χ3v) is 2.94. The summed E-state index contributed by atoms with van der Waals surface area (Å²) >= 11 is 0. The van der Waals surface area contributed by atoms with Gasteiger partial charge in [0.05, 0.1) is 5.56 Å². The standard InChI is InChI=1S/C15H22N2O3/c1-12(5-4-8-18)17-10-14(19)11-20-15-7-3-2-6-13(15)9-16/h2-3,6-7,12,14,17-19H,4-5,8,10-11H2,1H3. The minimum Gasteiger partial charge on any atom is -0.489 e. The van der Waals surface area contributed by atoms with Crippen LogP contribution in [0.5, 0.6) is 5.75 Å². The molecule has 3 N–H and O–H groups in total. The van der Waals surface area contributed by atoms with Crippen LogP contribution in [0.25, 0.3) is 0 Å². The second-order valence-electron chi connectivity index (χ2n) is 4.75. The average molecular weight is 278 g/mol. The molecule has 1 rings (SSSR count). The second kappa shape index (κ2) is 9.32. The summed E-state index contributed by atoms with van der Waals surface area (Å²) < 4.78 is 5.45. The van der Waals surface area contributed by atoms with Crippen LogP contribution < -0.4 is 10.1 Å². The molecule has 0 aromatic heterocycles. The summed E-state index contributed by atoms with van der Waals surface area (Å²) in [5, 5.41) is 30.7. The predicted molar refractivity (Wildman–Crippen MR) is 76.4 cm³/mol. The number of para-hydroxylation sites is 1. The van der Waals surface area contributed by atoms with E-state index in [1.807, 2.05) is 13.0 Å². The molecule has 0 aliphatic rings. The number of hydrogen-bond acceptors (Lipinski definition) is 5. The lowest BCUT2D eigenvalue weighted by Crippen LogP contribution is -2.36. The molecular weight excluding hydrogens is 256 g/mol. The van der Waals surface area contributed by atoms with Gasteiger partial charge in [-0.15, -0.1) is 0 Å². The number of aliphatic hydroxyl groups is 2. The SMILES string of the molecule is CC(CCCO)NCC(O)COc1ccccc1C#N. The topological polar surface area (TPSA) is 85.5 Å². The highest BCUT2D eigenvalue weighted by Gasteiger charge is 2.09. The van der Waals surface area contributed by atoms with E-state index in [1.54, 1.807) is 24.3 Å². The lowest BCUT2D eigenvalue weighted by molar-refractivity contribution is 0.103. The van der Waals surface area contributed by atoms with Crippen molar-refractivity contribution < 1.29 is 14.9 Å². The highest BCUT2D eigenvalue weighted by molar-refractivity contribution is 5.42. The first-order valence-corrected chi connectivity index (χ1v) is 6.81. The lowest BCUT2D eigenvalue weighted by Gasteiger charge is -2.17. The van der Waals surface area contributed by atoms with Crippen molar-refractivity contribution in [2.24, 2.45) is 0 Å². The fourth-order valence-corrected chi connectivity index (χ4v) is 1.77. The van der Waals surface area contributed by atoms with Crippen LogP contribution in [0.1, 0.15) is 25.3 Å². The quantitative estimate of drug-likeness (QED) is 0.628. The Morgan fingerprint density at radius 3 is 2.85 bits per heavy atom. The molecule has 5 heteroatoms. The highest BCUT2D eigenvalue weighted by atomic mass is 16.5. The van der Waals surface area contributed by atoms with Gasteiger partial charge in [0.1, 0.15) is 24.5 Å². The smallest absolute Gasteiger partial charge is 0.137 e. The molecule has 110 valence electrons. The minimum absolute atomic E-state index is 0.137. The van der Waals surface area contributed by atoms with Crippen LogP contribution in [-0.2, 0) is 0 Å². The Labute approximate surface area is 119 Å². The zero-order valence-corrected chi connectivity index (χ0v) is 11.7. The Kier molecular flexibility index (Phi) is 7.66. The van der Waals surface area contributed by atoms with E-state index in [4.69, 9.17) is 15.1 Å². The lowest BCUT2D eigenvalue weighted by atomic mass is 10.2. The zero-order chi connectivity index (χ0) is 14.8. The molecule has 0 saturated carbocycles. The largest absolute Gasteiger partial charge is 0.489 e. The molecule has 20 heavy (non-hydrogen) atoms. The number of nitrogens with zero attached hydrogens (tertiary/aromatic N) is 1. The third-order valence-electron chi connectivity index (χ3n) is 2.94. The molecule has 0 heterocycles. The Morgan fingerprint density at radius 2 is 2.15 bits per heavy atom. The summed E-state index contributed by atoms with van der Waals surface area (Å²) in [4.78, 5) is 0. The molecule has 2 unspecified atom stereocenters. The van der Waals surface area contributed by atoms with Crippen molar-refractivity contribution in [3.05, 3.63) is 29.8 Å². The number of benzene rings is 1. The summed E-state index contributed by atoms with van der Waals surface area (Å²) in [6, 6.07) is 9.23. The third kappa shape index (κ3) is 6.02. The van der Waals surface area contributed by atoms with Gasteiger partial charge in [-0.3, -0.25) is 0 Å². The van der Waals surface area contributed by atoms with Gasteiger partial charge in [0.2, 0.25) is 0 Å². The zero-order valence-electron chi connectivity index (χ0n) is 11.7. The van der Waals surface area contributed by atoms with E-state index < -0.39 is 6.10 Å². The Hall–Kier alpha value is -1.61. The van der Waals surface area contributed by atoms with Gasteiger partial charge in [-0.05, 0) is 31.9 Å². The maximum Gasteiger partial charge on any atom is 0.137 e. The number of nitrogens with one attached hydrogen (secondary N) is 1. The van der Waals surface area contributed by atoms with E-state index in [2.05, 4.69) is 5.32 Å². The van der Waals surface area contributed by atoms with Crippen molar-refractivity contribution in [2.75, 3.05) is 19.8 Å². The summed E-state index contributed by atoms with van der Waals surface area (Å²) in [5.41, 5.74) is 0.462. The molecule has 1 aromatic rings.